The van der Waals surface area contributed by atoms with Gasteiger partial charge in [-0.25, -0.2) is 4.98 Å². The van der Waals surface area contributed by atoms with Crippen molar-refractivity contribution in [2.75, 3.05) is 39.3 Å². The smallest absolute Gasteiger partial charge is 0.251 e. The number of aromatic nitrogens is 1. The highest BCUT2D eigenvalue weighted by atomic mass is 32.1. The van der Waals surface area contributed by atoms with Gasteiger partial charge in [-0.3, -0.25) is 4.79 Å². The van der Waals surface area contributed by atoms with E-state index in [4.69, 9.17) is 24.9 Å². The number of carbonyl (C=O) groups excluding carboxylic acids is 1. The third kappa shape index (κ3) is 7.07. The zero-order chi connectivity index (χ0) is 27.6. The van der Waals surface area contributed by atoms with Gasteiger partial charge in [-0.2, -0.15) is 0 Å². The molecule has 9 heteroatoms. The van der Waals surface area contributed by atoms with Gasteiger partial charge in [-0.15, -0.1) is 11.3 Å². The molecule has 0 spiro atoms. The van der Waals surface area contributed by atoms with Crippen molar-refractivity contribution in [1.82, 2.24) is 10.3 Å². The molecule has 1 amide bonds. The summed E-state index contributed by atoms with van der Waals surface area (Å²) in [4.78, 5) is 19.6. The van der Waals surface area contributed by atoms with E-state index in [-0.39, 0.29) is 5.91 Å². The number of methoxy groups -OCH3 is 3. The first-order valence-electron chi connectivity index (χ1n) is 12.7. The maximum atomic E-state index is 12.4. The third-order valence-electron chi connectivity index (χ3n) is 6.23. The van der Waals surface area contributed by atoms with Crippen LogP contribution in [-0.4, -0.2) is 45.3 Å². The summed E-state index contributed by atoms with van der Waals surface area (Å²) in [6, 6.07) is 21.4. The third-order valence-corrected chi connectivity index (χ3v) is 7.13. The molecular weight excluding hydrogens is 512 g/mol. The molecule has 0 unspecified atom stereocenters. The lowest BCUT2D eigenvalue weighted by Crippen LogP contribution is -2.26. The molecule has 1 heterocycles. The second-order valence-corrected chi connectivity index (χ2v) is 9.69. The fourth-order valence-corrected chi connectivity index (χ4v) is 5.02. The monoisotopic (exact) mass is 546 g/mol. The van der Waals surface area contributed by atoms with Crippen LogP contribution < -0.4 is 30.2 Å². The van der Waals surface area contributed by atoms with Crippen LogP contribution in [0.15, 0.2) is 72.1 Å². The van der Waals surface area contributed by atoms with Crippen molar-refractivity contribution in [2.45, 2.75) is 19.5 Å². The number of para-hydroxylation sites is 1. The van der Waals surface area contributed by atoms with E-state index in [9.17, 15) is 4.79 Å². The van der Waals surface area contributed by atoms with Gasteiger partial charge in [0.25, 0.3) is 5.91 Å². The number of carbonyl (C=O) groups is 1. The van der Waals surface area contributed by atoms with Gasteiger partial charge in [-0.05, 0) is 48.9 Å². The lowest BCUT2D eigenvalue weighted by atomic mass is 10.1. The van der Waals surface area contributed by atoms with E-state index in [1.54, 1.807) is 32.7 Å². The summed E-state index contributed by atoms with van der Waals surface area (Å²) in [6.45, 7) is 2.24. The van der Waals surface area contributed by atoms with E-state index in [1.807, 2.05) is 66.7 Å². The van der Waals surface area contributed by atoms with Gasteiger partial charge < -0.3 is 30.2 Å². The van der Waals surface area contributed by atoms with Crippen LogP contribution >= 0.6 is 11.3 Å². The van der Waals surface area contributed by atoms with E-state index in [2.05, 4.69) is 15.6 Å². The van der Waals surface area contributed by atoms with Gasteiger partial charge in [0.05, 0.1) is 27.0 Å². The van der Waals surface area contributed by atoms with Crippen molar-refractivity contribution in [3.05, 3.63) is 88.8 Å². The minimum absolute atomic E-state index is 0.101. The number of nitrogens with two attached hydrogens (primary N) is 1. The van der Waals surface area contributed by atoms with Crippen LogP contribution in [-0.2, 0) is 13.1 Å². The van der Waals surface area contributed by atoms with Gasteiger partial charge in [0.1, 0.15) is 5.75 Å². The number of hydrogen-bond donors (Lipinski definition) is 2. The fraction of sp³-hybridized carbons (Fsp3) is 0.267. The summed E-state index contributed by atoms with van der Waals surface area (Å²) < 4.78 is 16.6. The highest BCUT2D eigenvalue weighted by molar-refractivity contribution is 7.14. The number of nitrogens with one attached hydrogen (secondary N) is 1. The fourth-order valence-electron chi connectivity index (χ4n) is 4.19. The number of rotatable bonds is 13. The van der Waals surface area contributed by atoms with E-state index < -0.39 is 0 Å². The molecule has 0 aliphatic heterocycles. The molecule has 0 aliphatic carbocycles. The molecule has 204 valence electrons. The number of nitrogens with zero attached hydrogens (tertiary/aromatic N) is 2. The molecule has 8 nitrogen and oxygen atoms in total. The first kappa shape index (κ1) is 27.9. The molecule has 3 aromatic carbocycles. The molecule has 4 aromatic rings. The Hall–Kier alpha value is -4.08. The topological polar surface area (TPSA) is 98.9 Å². The average Bonchev–Trinajstić information content (AvgIpc) is 3.47. The summed E-state index contributed by atoms with van der Waals surface area (Å²) in [5.74, 6) is 2.05. The first-order valence-corrected chi connectivity index (χ1v) is 13.6. The van der Waals surface area contributed by atoms with Crippen LogP contribution in [0.4, 0.5) is 5.13 Å². The van der Waals surface area contributed by atoms with Gasteiger partial charge >= 0.3 is 0 Å². The number of benzene rings is 3. The SMILES string of the molecule is COc1cccc(-c2csc(N(Cc3ccc(C(=O)NCCCN)cc3)Cc3cccc(OC)c3OC)n2)c1. The minimum Gasteiger partial charge on any atom is -0.497 e. The van der Waals surface area contributed by atoms with Crippen molar-refractivity contribution in [3.63, 3.8) is 0 Å². The molecule has 3 N–H and O–H groups in total. The Balaban J connectivity index is 1.62. The van der Waals surface area contributed by atoms with Crippen LogP contribution in [0.25, 0.3) is 11.3 Å². The summed E-state index contributed by atoms with van der Waals surface area (Å²) in [6.07, 6.45) is 0.748. The Morgan fingerprint density at radius 1 is 0.974 bits per heavy atom. The molecule has 0 saturated heterocycles. The summed E-state index contributed by atoms with van der Waals surface area (Å²) >= 11 is 1.57. The standard InChI is InChI=1S/C30H34N4O4S/c1-36-25-9-4-7-23(17-25)26-20-39-30(33-26)34(19-24-8-5-10-27(37-2)28(24)38-3)18-21-11-13-22(14-12-21)29(35)32-16-6-15-31/h4-5,7-14,17,20H,6,15-16,18-19,31H2,1-3H3,(H,32,35). The zero-order valence-corrected chi connectivity index (χ0v) is 23.3. The second kappa shape index (κ2) is 13.6. The molecule has 0 bridgehead atoms. The summed E-state index contributed by atoms with van der Waals surface area (Å²) in [5.41, 5.74) is 10.0. The maximum absolute atomic E-state index is 12.4. The van der Waals surface area contributed by atoms with Crippen LogP contribution in [0.2, 0.25) is 0 Å². The quantitative estimate of drug-likeness (QED) is 0.225. The average molecular weight is 547 g/mol. The Labute approximate surface area is 233 Å². The number of amides is 1. The molecule has 0 aliphatic rings. The van der Waals surface area contributed by atoms with E-state index in [1.165, 1.54) is 0 Å². The Bertz CT molecular complexity index is 1370. The van der Waals surface area contributed by atoms with E-state index in [0.29, 0.717) is 43.2 Å². The molecule has 0 radical (unpaired) electrons. The van der Waals surface area contributed by atoms with Crippen LogP contribution in [0.5, 0.6) is 17.2 Å². The summed E-state index contributed by atoms with van der Waals surface area (Å²) in [7, 11) is 4.94. The van der Waals surface area contributed by atoms with Gasteiger partial charge in [-0.1, -0.05) is 36.4 Å². The largest absolute Gasteiger partial charge is 0.497 e. The van der Waals surface area contributed by atoms with E-state index in [0.717, 1.165) is 39.7 Å². The van der Waals surface area contributed by atoms with Crippen molar-refractivity contribution in [2.24, 2.45) is 5.73 Å². The highest BCUT2D eigenvalue weighted by Crippen LogP contribution is 2.35. The summed E-state index contributed by atoms with van der Waals surface area (Å²) in [5, 5.41) is 5.81. The van der Waals surface area contributed by atoms with Crippen molar-refractivity contribution in [3.8, 4) is 28.5 Å². The molecule has 39 heavy (non-hydrogen) atoms. The number of hydrogen-bond acceptors (Lipinski definition) is 8. The Morgan fingerprint density at radius 2 is 1.77 bits per heavy atom. The molecule has 0 atom stereocenters. The molecule has 0 saturated carbocycles. The van der Waals surface area contributed by atoms with Gasteiger partial charge in [0.15, 0.2) is 16.6 Å². The minimum atomic E-state index is -0.101. The number of anilines is 1. The first-order chi connectivity index (χ1) is 19.1. The predicted octanol–water partition coefficient (Wildman–Crippen LogP) is 5.12. The van der Waals surface area contributed by atoms with Gasteiger partial charge in [0.2, 0.25) is 0 Å². The Morgan fingerprint density at radius 3 is 2.49 bits per heavy atom. The Kier molecular flexibility index (Phi) is 9.77. The second-order valence-electron chi connectivity index (χ2n) is 8.85. The predicted molar refractivity (Wildman–Crippen MR) is 156 cm³/mol. The zero-order valence-electron chi connectivity index (χ0n) is 22.5. The number of thiazole rings is 1. The van der Waals surface area contributed by atoms with Crippen LogP contribution in [0.3, 0.4) is 0 Å². The van der Waals surface area contributed by atoms with Crippen LogP contribution in [0.1, 0.15) is 27.9 Å². The molecule has 0 fully saturated rings. The number of ether oxygens (including phenoxy) is 3. The normalized spacial score (nSPS) is 10.7. The lowest BCUT2D eigenvalue weighted by molar-refractivity contribution is 0.0953. The van der Waals surface area contributed by atoms with Crippen LogP contribution in [0, 0.1) is 0 Å². The highest BCUT2D eigenvalue weighted by Gasteiger charge is 2.18. The molecular formula is C30H34N4O4S. The molecule has 1 aromatic heterocycles. The van der Waals surface area contributed by atoms with Gasteiger partial charge in [0, 0.05) is 41.7 Å². The van der Waals surface area contributed by atoms with Crippen molar-refractivity contribution < 1.29 is 19.0 Å². The van der Waals surface area contributed by atoms with E-state index >= 15 is 0 Å². The molecule has 4 rings (SSSR count). The van der Waals surface area contributed by atoms with Crippen molar-refractivity contribution >= 4 is 22.4 Å². The van der Waals surface area contributed by atoms with Crippen molar-refractivity contribution in [1.29, 1.82) is 0 Å². The maximum Gasteiger partial charge on any atom is 0.251 e. The lowest BCUT2D eigenvalue weighted by Gasteiger charge is -2.24.